The molecule has 0 aliphatic heterocycles. The molecule has 2 rings (SSSR count). The highest BCUT2D eigenvalue weighted by Gasteiger charge is 2.15. The lowest BCUT2D eigenvalue weighted by molar-refractivity contribution is -0.133. The predicted octanol–water partition coefficient (Wildman–Crippen LogP) is -0.299. The molecule has 1 heterocycles. The third kappa shape index (κ3) is 4.07. The minimum absolute atomic E-state index is 0.00720. The summed E-state index contributed by atoms with van der Waals surface area (Å²) in [6.45, 7) is 0. The largest absolute Gasteiger partial charge is 0.318 e. The average molecular weight is 321 g/mol. The molecular weight excluding hydrogens is 310 g/mol. The van der Waals surface area contributed by atoms with Crippen molar-refractivity contribution in [1.29, 1.82) is 0 Å². The number of amides is 2. The van der Waals surface area contributed by atoms with E-state index in [1.165, 1.54) is 36.7 Å². The Bertz CT molecular complexity index is 790. The van der Waals surface area contributed by atoms with E-state index in [-0.39, 0.29) is 16.5 Å². The lowest BCUT2D eigenvalue weighted by Gasteiger charge is -2.06. The fraction of sp³-hybridized carbons (Fsp3) is 0. The van der Waals surface area contributed by atoms with Crippen molar-refractivity contribution in [3.8, 4) is 0 Å². The Morgan fingerprint density at radius 1 is 0.955 bits per heavy atom. The summed E-state index contributed by atoms with van der Waals surface area (Å²) in [6.07, 6.45) is 2.82. The molecule has 0 saturated carbocycles. The summed E-state index contributed by atoms with van der Waals surface area (Å²) in [5.74, 6) is -1.91. The molecule has 0 atom stereocenters. The minimum atomic E-state index is -3.81. The van der Waals surface area contributed by atoms with Gasteiger partial charge in [-0.05, 0) is 30.3 Å². The van der Waals surface area contributed by atoms with Gasteiger partial charge in [0.2, 0.25) is 16.0 Å². The van der Waals surface area contributed by atoms with Crippen LogP contribution in [-0.2, 0) is 19.6 Å². The number of hydrogen-bond donors (Lipinski definition) is 3. The molecule has 0 saturated heterocycles. The lowest BCUT2D eigenvalue weighted by atomic mass is 10.3. The van der Waals surface area contributed by atoms with Gasteiger partial charge in [-0.25, -0.2) is 23.5 Å². The Labute approximate surface area is 125 Å². The molecule has 0 bridgehead atoms. The molecule has 4 N–H and O–H groups in total. The molecule has 114 valence electrons. The molecule has 9 nitrogen and oxygen atoms in total. The first kappa shape index (κ1) is 15.5. The molecule has 0 fully saturated rings. The van der Waals surface area contributed by atoms with Gasteiger partial charge in [0.15, 0.2) is 0 Å². The van der Waals surface area contributed by atoms with Crippen LogP contribution < -0.4 is 15.8 Å². The van der Waals surface area contributed by atoms with Crippen LogP contribution in [-0.4, -0.2) is 30.2 Å². The maximum absolute atomic E-state index is 11.7. The van der Waals surface area contributed by atoms with E-state index in [0.717, 1.165) is 0 Å². The predicted molar refractivity (Wildman–Crippen MR) is 77.1 cm³/mol. The molecule has 22 heavy (non-hydrogen) atoms. The first-order valence-corrected chi connectivity index (χ1v) is 7.43. The van der Waals surface area contributed by atoms with Crippen molar-refractivity contribution < 1.29 is 18.0 Å². The zero-order valence-electron chi connectivity index (χ0n) is 11.1. The van der Waals surface area contributed by atoms with E-state index in [9.17, 15) is 18.0 Å². The molecule has 1 aromatic carbocycles. The van der Waals surface area contributed by atoms with Crippen LogP contribution in [0.1, 0.15) is 0 Å². The fourth-order valence-electron chi connectivity index (χ4n) is 1.44. The smallest absolute Gasteiger partial charge is 0.316 e. The average Bonchev–Trinajstić information content (AvgIpc) is 2.48. The number of carbonyl (C=O) groups excluding carboxylic acids is 2. The Morgan fingerprint density at radius 2 is 1.50 bits per heavy atom. The maximum Gasteiger partial charge on any atom is 0.316 e. The lowest BCUT2D eigenvalue weighted by Crippen LogP contribution is -2.29. The summed E-state index contributed by atoms with van der Waals surface area (Å²) in [6, 6.07) is 6.60. The number of carbonyl (C=O) groups is 2. The van der Waals surface area contributed by atoms with E-state index in [2.05, 4.69) is 20.6 Å². The number of benzene rings is 1. The maximum atomic E-state index is 11.7. The number of aromatic nitrogens is 2. The highest BCUT2D eigenvalue weighted by atomic mass is 32.2. The van der Waals surface area contributed by atoms with Gasteiger partial charge in [0.1, 0.15) is 0 Å². The molecule has 2 aromatic rings. The molecule has 0 radical (unpaired) electrons. The standard InChI is InChI=1S/C12H11N5O4S/c13-22(20,21)9-4-2-8(3-5-9)16-10(18)11(19)17-12-14-6-1-7-15-12/h1-7H,(H,16,18)(H2,13,20,21)(H,14,15,17,19). The number of nitrogens with one attached hydrogen (secondary N) is 2. The SMILES string of the molecule is NS(=O)(=O)c1ccc(NC(=O)C(=O)Nc2ncccn2)cc1. The van der Waals surface area contributed by atoms with Crippen molar-refractivity contribution in [2.24, 2.45) is 5.14 Å². The summed E-state index contributed by atoms with van der Waals surface area (Å²) >= 11 is 0. The van der Waals surface area contributed by atoms with Gasteiger partial charge in [0.25, 0.3) is 0 Å². The highest BCUT2D eigenvalue weighted by Crippen LogP contribution is 2.12. The van der Waals surface area contributed by atoms with Crippen molar-refractivity contribution in [3.63, 3.8) is 0 Å². The fourth-order valence-corrected chi connectivity index (χ4v) is 1.95. The summed E-state index contributed by atoms with van der Waals surface area (Å²) in [7, 11) is -3.81. The van der Waals surface area contributed by atoms with Crippen molar-refractivity contribution in [2.75, 3.05) is 10.6 Å². The minimum Gasteiger partial charge on any atom is -0.318 e. The van der Waals surface area contributed by atoms with Crippen molar-refractivity contribution >= 4 is 33.5 Å². The number of nitrogens with zero attached hydrogens (tertiary/aromatic N) is 2. The molecule has 0 spiro atoms. The van der Waals surface area contributed by atoms with Crippen LogP contribution in [0.25, 0.3) is 0 Å². The van der Waals surface area contributed by atoms with Gasteiger partial charge < -0.3 is 5.32 Å². The summed E-state index contributed by atoms with van der Waals surface area (Å²) < 4.78 is 22.2. The van der Waals surface area contributed by atoms with E-state index in [1.54, 1.807) is 6.07 Å². The van der Waals surface area contributed by atoms with Crippen LogP contribution >= 0.6 is 0 Å². The molecule has 0 unspecified atom stereocenters. The summed E-state index contributed by atoms with van der Waals surface area (Å²) in [4.78, 5) is 30.7. The molecular formula is C12H11N5O4S. The van der Waals surface area contributed by atoms with Gasteiger partial charge in [0, 0.05) is 18.1 Å². The first-order valence-electron chi connectivity index (χ1n) is 5.88. The zero-order chi connectivity index (χ0) is 16.2. The molecule has 10 heteroatoms. The van der Waals surface area contributed by atoms with Crippen molar-refractivity contribution in [1.82, 2.24) is 9.97 Å². The van der Waals surface area contributed by atoms with Crippen LogP contribution in [0.4, 0.5) is 11.6 Å². The molecule has 1 aromatic heterocycles. The monoisotopic (exact) mass is 321 g/mol. The van der Waals surface area contributed by atoms with Gasteiger partial charge >= 0.3 is 11.8 Å². The van der Waals surface area contributed by atoms with E-state index < -0.39 is 21.8 Å². The first-order chi connectivity index (χ1) is 10.4. The Balaban J connectivity index is 2.01. The Morgan fingerprint density at radius 3 is 2.05 bits per heavy atom. The van der Waals surface area contributed by atoms with Gasteiger partial charge in [-0.3, -0.25) is 14.9 Å². The van der Waals surface area contributed by atoms with Crippen LogP contribution in [0.3, 0.4) is 0 Å². The van der Waals surface area contributed by atoms with Crippen LogP contribution in [0.15, 0.2) is 47.6 Å². The second kappa shape index (κ2) is 6.28. The Kier molecular flexibility index (Phi) is 4.44. The molecule has 0 aliphatic rings. The van der Waals surface area contributed by atoms with Gasteiger partial charge in [-0.1, -0.05) is 0 Å². The van der Waals surface area contributed by atoms with Gasteiger partial charge in [-0.15, -0.1) is 0 Å². The third-order valence-electron chi connectivity index (χ3n) is 2.44. The second-order valence-corrected chi connectivity index (χ2v) is 5.61. The van der Waals surface area contributed by atoms with E-state index in [1.807, 2.05) is 0 Å². The third-order valence-corrected chi connectivity index (χ3v) is 3.37. The van der Waals surface area contributed by atoms with Crippen molar-refractivity contribution in [2.45, 2.75) is 4.90 Å². The second-order valence-electron chi connectivity index (χ2n) is 4.05. The van der Waals surface area contributed by atoms with E-state index >= 15 is 0 Å². The molecule has 0 aliphatic carbocycles. The number of rotatable bonds is 3. The normalized spacial score (nSPS) is 10.8. The summed E-state index contributed by atoms with van der Waals surface area (Å²) in [5.41, 5.74) is 0.238. The van der Waals surface area contributed by atoms with Gasteiger partial charge in [0.05, 0.1) is 4.90 Å². The highest BCUT2D eigenvalue weighted by molar-refractivity contribution is 7.89. The Hall–Kier alpha value is -2.85. The number of primary sulfonamides is 1. The topological polar surface area (TPSA) is 144 Å². The van der Waals surface area contributed by atoms with Crippen LogP contribution in [0, 0.1) is 0 Å². The van der Waals surface area contributed by atoms with Crippen LogP contribution in [0.5, 0.6) is 0 Å². The number of sulfonamides is 1. The summed E-state index contributed by atoms with van der Waals surface area (Å²) in [5, 5.41) is 9.46. The van der Waals surface area contributed by atoms with E-state index in [0.29, 0.717) is 0 Å². The van der Waals surface area contributed by atoms with Crippen LogP contribution in [0.2, 0.25) is 0 Å². The number of nitrogens with two attached hydrogens (primary N) is 1. The van der Waals surface area contributed by atoms with E-state index in [4.69, 9.17) is 5.14 Å². The van der Waals surface area contributed by atoms with Gasteiger partial charge in [-0.2, -0.15) is 0 Å². The number of hydrogen-bond acceptors (Lipinski definition) is 6. The zero-order valence-corrected chi connectivity index (χ0v) is 11.9. The quantitative estimate of drug-likeness (QED) is 0.662. The number of anilines is 2. The van der Waals surface area contributed by atoms with Crippen molar-refractivity contribution in [3.05, 3.63) is 42.7 Å². The molecule has 2 amide bonds.